The van der Waals surface area contributed by atoms with Crippen LogP contribution in [0.4, 0.5) is 5.69 Å². The lowest BCUT2D eigenvalue weighted by Gasteiger charge is -2.08. The zero-order valence-corrected chi connectivity index (χ0v) is 14.7. The van der Waals surface area contributed by atoms with Crippen LogP contribution < -0.4 is 10.0 Å². The molecule has 0 saturated carbocycles. The minimum absolute atomic E-state index is 0.00660. The summed E-state index contributed by atoms with van der Waals surface area (Å²) in [5, 5.41) is 2.93. The Bertz CT molecular complexity index is 864. The number of sulfonamides is 1. The molecule has 2 aromatic carbocycles. The molecule has 0 saturated heterocycles. The van der Waals surface area contributed by atoms with Gasteiger partial charge in [0.1, 0.15) is 0 Å². The van der Waals surface area contributed by atoms with Crippen LogP contribution in [0.2, 0.25) is 5.02 Å². The van der Waals surface area contributed by atoms with Gasteiger partial charge in [0.25, 0.3) is 0 Å². The molecule has 2 aromatic rings. The van der Waals surface area contributed by atoms with Gasteiger partial charge in [-0.1, -0.05) is 11.6 Å². The summed E-state index contributed by atoms with van der Waals surface area (Å²) in [5.74, 6) is -1.04. The number of hydrogen-bond acceptors (Lipinski definition) is 5. The lowest BCUT2D eigenvalue weighted by atomic mass is 10.2. The number of carbonyl (C=O) groups excluding carboxylic acids is 2. The highest BCUT2D eigenvalue weighted by atomic mass is 35.5. The molecule has 0 aliphatic rings. The van der Waals surface area contributed by atoms with Gasteiger partial charge in [0.2, 0.25) is 15.9 Å². The van der Waals surface area contributed by atoms with Crippen molar-refractivity contribution in [1.29, 1.82) is 0 Å². The Morgan fingerprint density at radius 3 is 2.20 bits per heavy atom. The van der Waals surface area contributed by atoms with Crippen molar-refractivity contribution in [1.82, 2.24) is 4.72 Å². The first kappa shape index (κ1) is 18.9. The maximum atomic E-state index is 12.1. The first-order valence-corrected chi connectivity index (χ1v) is 8.91. The van der Waals surface area contributed by atoms with Crippen LogP contribution in [0.5, 0.6) is 0 Å². The molecule has 0 spiro atoms. The molecule has 2 rings (SSSR count). The second-order valence-electron chi connectivity index (χ2n) is 4.90. The van der Waals surface area contributed by atoms with Gasteiger partial charge in [-0.2, -0.15) is 0 Å². The van der Waals surface area contributed by atoms with Gasteiger partial charge >= 0.3 is 5.97 Å². The van der Waals surface area contributed by atoms with Crippen molar-refractivity contribution in [2.45, 2.75) is 4.90 Å². The summed E-state index contributed by atoms with van der Waals surface area (Å²) < 4.78 is 30.9. The van der Waals surface area contributed by atoms with E-state index >= 15 is 0 Å². The highest BCUT2D eigenvalue weighted by Crippen LogP contribution is 2.14. The lowest BCUT2D eigenvalue weighted by molar-refractivity contribution is -0.115. The fourth-order valence-corrected chi connectivity index (χ4v) is 2.98. The Labute approximate surface area is 150 Å². The number of methoxy groups -OCH3 is 1. The smallest absolute Gasteiger partial charge is 0.337 e. The van der Waals surface area contributed by atoms with Crippen molar-refractivity contribution < 1.29 is 22.7 Å². The molecule has 0 aromatic heterocycles. The van der Waals surface area contributed by atoms with Crippen LogP contribution >= 0.6 is 11.6 Å². The molecule has 0 aliphatic heterocycles. The Hall–Kier alpha value is -2.42. The van der Waals surface area contributed by atoms with Crippen LogP contribution in [0.25, 0.3) is 0 Å². The molecule has 0 radical (unpaired) electrons. The van der Waals surface area contributed by atoms with Gasteiger partial charge in [-0.25, -0.2) is 17.9 Å². The summed E-state index contributed by atoms with van der Waals surface area (Å²) in [5.41, 5.74) is 0.757. The Morgan fingerprint density at radius 2 is 1.64 bits per heavy atom. The predicted molar refractivity (Wildman–Crippen MR) is 93.1 cm³/mol. The summed E-state index contributed by atoms with van der Waals surface area (Å²) in [6.45, 7) is -0.441. The third-order valence-electron chi connectivity index (χ3n) is 3.14. The van der Waals surface area contributed by atoms with E-state index in [-0.39, 0.29) is 4.90 Å². The fraction of sp³-hybridized carbons (Fsp3) is 0.125. The molecule has 0 bridgehead atoms. The molecule has 0 heterocycles. The minimum Gasteiger partial charge on any atom is -0.465 e. The maximum absolute atomic E-state index is 12.1. The van der Waals surface area contributed by atoms with Gasteiger partial charge in [-0.3, -0.25) is 4.79 Å². The normalized spacial score (nSPS) is 11.0. The number of nitrogens with one attached hydrogen (secondary N) is 2. The molecule has 0 aliphatic carbocycles. The molecule has 0 unspecified atom stereocenters. The topological polar surface area (TPSA) is 102 Å². The van der Waals surface area contributed by atoms with Crippen LogP contribution in [0.1, 0.15) is 10.4 Å². The van der Waals surface area contributed by atoms with Crippen LogP contribution in [-0.2, 0) is 19.6 Å². The molecule has 0 fully saturated rings. The van der Waals surface area contributed by atoms with Crippen LogP contribution in [0.3, 0.4) is 0 Å². The molecule has 25 heavy (non-hydrogen) atoms. The van der Waals surface area contributed by atoms with Gasteiger partial charge in [0.15, 0.2) is 0 Å². The van der Waals surface area contributed by atoms with Gasteiger partial charge in [-0.05, 0) is 48.5 Å². The highest BCUT2D eigenvalue weighted by molar-refractivity contribution is 7.89. The number of carbonyl (C=O) groups is 2. The fourth-order valence-electron chi connectivity index (χ4n) is 1.87. The number of esters is 1. The van der Waals surface area contributed by atoms with Gasteiger partial charge in [0, 0.05) is 10.7 Å². The predicted octanol–water partition coefficient (Wildman–Crippen LogP) is 2.04. The van der Waals surface area contributed by atoms with E-state index in [1.807, 2.05) is 0 Å². The van der Waals surface area contributed by atoms with Crippen molar-refractivity contribution >= 4 is 39.2 Å². The standard InChI is InChI=1S/C16H15ClN2O5S/c1-24-16(21)11-2-6-13(7-3-11)19-15(20)10-18-25(22,23)14-8-4-12(17)5-9-14/h2-9,18H,10H2,1H3,(H,19,20). The van der Waals surface area contributed by atoms with Crippen molar-refractivity contribution in [3.8, 4) is 0 Å². The third kappa shape index (κ3) is 5.28. The molecule has 2 N–H and O–H groups in total. The molecular formula is C16H15ClN2O5S. The molecule has 0 atom stereocenters. The molecular weight excluding hydrogens is 368 g/mol. The van der Waals surface area contributed by atoms with Gasteiger partial charge < -0.3 is 10.1 Å². The number of ether oxygens (including phenoxy) is 1. The largest absolute Gasteiger partial charge is 0.465 e. The zero-order chi connectivity index (χ0) is 18.4. The van der Waals surface area contributed by atoms with E-state index in [0.29, 0.717) is 16.3 Å². The van der Waals surface area contributed by atoms with E-state index in [4.69, 9.17) is 11.6 Å². The SMILES string of the molecule is COC(=O)c1ccc(NC(=O)CNS(=O)(=O)c2ccc(Cl)cc2)cc1. The first-order valence-electron chi connectivity index (χ1n) is 7.05. The van der Waals surface area contributed by atoms with Crippen LogP contribution in [0.15, 0.2) is 53.4 Å². The quantitative estimate of drug-likeness (QED) is 0.744. The van der Waals surface area contributed by atoms with E-state index in [0.717, 1.165) is 0 Å². The molecule has 1 amide bonds. The second kappa shape index (κ2) is 8.11. The molecule has 9 heteroatoms. The van der Waals surface area contributed by atoms with Crippen molar-refractivity contribution in [2.24, 2.45) is 0 Å². The Balaban J connectivity index is 1.94. The highest BCUT2D eigenvalue weighted by Gasteiger charge is 2.15. The number of rotatable bonds is 6. The summed E-state index contributed by atoms with van der Waals surface area (Å²) in [6.07, 6.45) is 0. The first-order chi connectivity index (χ1) is 11.8. The van der Waals surface area contributed by atoms with Crippen LogP contribution in [0, 0.1) is 0 Å². The lowest BCUT2D eigenvalue weighted by Crippen LogP contribution is -2.32. The van der Waals surface area contributed by atoms with Gasteiger partial charge in [-0.15, -0.1) is 0 Å². The number of benzene rings is 2. The Morgan fingerprint density at radius 1 is 1.04 bits per heavy atom. The average molecular weight is 383 g/mol. The number of halogens is 1. The molecule has 132 valence electrons. The van der Waals surface area contributed by atoms with Crippen molar-refractivity contribution in [3.63, 3.8) is 0 Å². The summed E-state index contributed by atoms with van der Waals surface area (Å²) in [7, 11) is -2.55. The third-order valence-corrected chi connectivity index (χ3v) is 4.81. The number of hydrogen-bond donors (Lipinski definition) is 2. The van der Waals surface area contributed by atoms with E-state index in [1.54, 1.807) is 0 Å². The van der Waals surface area contributed by atoms with Crippen LogP contribution in [-0.4, -0.2) is 33.9 Å². The van der Waals surface area contributed by atoms with Crippen molar-refractivity contribution in [3.05, 3.63) is 59.1 Å². The minimum atomic E-state index is -3.82. The van der Waals surface area contributed by atoms with E-state index < -0.39 is 28.4 Å². The summed E-state index contributed by atoms with van der Waals surface area (Å²) in [6, 6.07) is 11.6. The summed E-state index contributed by atoms with van der Waals surface area (Å²) in [4.78, 5) is 23.2. The van der Waals surface area contributed by atoms with E-state index in [1.165, 1.54) is 55.6 Å². The monoisotopic (exact) mass is 382 g/mol. The number of amides is 1. The maximum Gasteiger partial charge on any atom is 0.337 e. The van der Waals surface area contributed by atoms with E-state index in [9.17, 15) is 18.0 Å². The van der Waals surface area contributed by atoms with Gasteiger partial charge in [0.05, 0.1) is 24.1 Å². The zero-order valence-electron chi connectivity index (χ0n) is 13.2. The average Bonchev–Trinajstić information content (AvgIpc) is 2.60. The number of anilines is 1. The molecule has 7 nitrogen and oxygen atoms in total. The van der Waals surface area contributed by atoms with Crippen molar-refractivity contribution in [2.75, 3.05) is 19.0 Å². The summed E-state index contributed by atoms with van der Waals surface area (Å²) >= 11 is 5.71. The van der Waals surface area contributed by atoms with E-state index in [2.05, 4.69) is 14.8 Å². The Kier molecular flexibility index (Phi) is 6.13. The second-order valence-corrected chi connectivity index (χ2v) is 7.10.